The Morgan fingerprint density at radius 3 is 2.09 bits per heavy atom. The van der Waals surface area contributed by atoms with E-state index in [9.17, 15) is 9.59 Å². The predicted octanol–water partition coefficient (Wildman–Crippen LogP) is 4.43. The summed E-state index contributed by atoms with van der Waals surface area (Å²) in [5, 5.41) is 0. The van der Waals surface area contributed by atoms with Gasteiger partial charge in [-0.3, -0.25) is 9.59 Å². The van der Waals surface area contributed by atoms with Crippen LogP contribution in [0.25, 0.3) is 0 Å². The molecule has 1 atom stereocenters. The Balaban J connectivity index is 5.07. The molecule has 1 unspecified atom stereocenters. The van der Waals surface area contributed by atoms with E-state index < -0.39 is 0 Å². The van der Waals surface area contributed by atoms with Gasteiger partial charge in [0.05, 0.1) is 0 Å². The number of carbonyl (C=O) groups excluding carboxylic acids is 2. The molecule has 0 amide bonds. The molecule has 3 nitrogen and oxygen atoms in total. The zero-order valence-corrected chi connectivity index (χ0v) is 16.1. The van der Waals surface area contributed by atoms with E-state index >= 15 is 0 Å². The Kier molecular flexibility index (Phi) is 10.7. The summed E-state index contributed by atoms with van der Waals surface area (Å²) < 4.78 is 0. The largest absolute Gasteiger partial charge is 0.309 e. The highest BCUT2D eigenvalue weighted by Gasteiger charge is 2.14. The molecule has 0 saturated carbocycles. The van der Waals surface area contributed by atoms with Crippen LogP contribution in [0.15, 0.2) is 23.3 Å². The Morgan fingerprint density at radius 2 is 1.65 bits per heavy atom. The van der Waals surface area contributed by atoms with Crippen LogP contribution in [0.5, 0.6) is 0 Å². The van der Waals surface area contributed by atoms with Crippen molar-refractivity contribution in [2.75, 3.05) is 20.6 Å². The molecule has 0 saturated heterocycles. The molecule has 132 valence electrons. The monoisotopic (exact) mass is 321 g/mol. The second-order valence-electron chi connectivity index (χ2n) is 7.24. The number of rotatable bonds is 11. The van der Waals surface area contributed by atoms with Crippen molar-refractivity contribution in [2.24, 2.45) is 11.8 Å². The summed E-state index contributed by atoms with van der Waals surface area (Å²) in [5.41, 5.74) is 2.20. The molecule has 0 aromatic rings. The van der Waals surface area contributed by atoms with Crippen LogP contribution in [-0.4, -0.2) is 37.1 Å². The summed E-state index contributed by atoms with van der Waals surface area (Å²) >= 11 is 0. The van der Waals surface area contributed by atoms with Crippen molar-refractivity contribution in [3.05, 3.63) is 23.3 Å². The Morgan fingerprint density at radius 1 is 1.04 bits per heavy atom. The van der Waals surface area contributed by atoms with Crippen molar-refractivity contribution in [1.29, 1.82) is 0 Å². The highest BCUT2D eigenvalue weighted by Crippen LogP contribution is 2.21. The van der Waals surface area contributed by atoms with Crippen LogP contribution in [0.2, 0.25) is 0 Å². The number of hydrogen-bond donors (Lipinski definition) is 0. The lowest BCUT2D eigenvalue weighted by atomic mass is 9.90. The fourth-order valence-electron chi connectivity index (χ4n) is 2.51. The average molecular weight is 322 g/mol. The molecule has 0 aliphatic heterocycles. The summed E-state index contributed by atoms with van der Waals surface area (Å²) in [6.07, 6.45) is 7.56. The van der Waals surface area contributed by atoms with Gasteiger partial charge in [0.1, 0.15) is 5.78 Å². The maximum absolute atomic E-state index is 11.9. The molecule has 3 heteroatoms. The van der Waals surface area contributed by atoms with E-state index in [1.807, 2.05) is 21.0 Å². The zero-order valence-electron chi connectivity index (χ0n) is 16.1. The third kappa shape index (κ3) is 11.0. The van der Waals surface area contributed by atoms with Gasteiger partial charge in [0.15, 0.2) is 5.78 Å². The standard InChI is InChI=1S/C20H35NO2/c1-15(2)8-9-20(18(5)23)11-10-19(12-13-21(6)7)16(3)14-17(4)22/h10,14-15,20H,8-9,11-13H2,1-7H3/b16-14-,19-10-. The SMILES string of the molecule is CC(=O)/C=C(C)\C(=C/CC(CCC(C)C)C(C)=O)CCN(C)C. The summed E-state index contributed by atoms with van der Waals surface area (Å²) in [4.78, 5) is 25.4. The second-order valence-corrected chi connectivity index (χ2v) is 7.24. The topological polar surface area (TPSA) is 37.4 Å². The third-order valence-corrected chi connectivity index (χ3v) is 4.07. The van der Waals surface area contributed by atoms with Gasteiger partial charge in [-0.05, 0) is 77.3 Å². The van der Waals surface area contributed by atoms with Gasteiger partial charge in [-0.25, -0.2) is 0 Å². The first-order chi connectivity index (χ1) is 10.6. The zero-order chi connectivity index (χ0) is 18.0. The van der Waals surface area contributed by atoms with Crippen LogP contribution in [-0.2, 0) is 9.59 Å². The van der Waals surface area contributed by atoms with Crippen molar-refractivity contribution >= 4 is 11.6 Å². The number of nitrogens with zero attached hydrogens (tertiary/aromatic N) is 1. The van der Waals surface area contributed by atoms with Crippen LogP contribution >= 0.6 is 0 Å². The Labute approximate surface area is 142 Å². The van der Waals surface area contributed by atoms with Crippen LogP contribution in [0.4, 0.5) is 0 Å². The number of allylic oxidation sites excluding steroid dienone is 3. The third-order valence-electron chi connectivity index (χ3n) is 4.07. The summed E-state index contributed by atoms with van der Waals surface area (Å²) in [7, 11) is 4.09. The lowest BCUT2D eigenvalue weighted by Crippen LogP contribution is -2.15. The lowest BCUT2D eigenvalue weighted by Gasteiger charge is -2.16. The van der Waals surface area contributed by atoms with E-state index in [0.717, 1.165) is 37.8 Å². The quantitative estimate of drug-likeness (QED) is 0.417. The second kappa shape index (κ2) is 11.3. The molecule has 0 bridgehead atoms. The van der Waals surface area contributed by atoms with Crippen molar-refractivity contribution in [3.8, 4) is 0 Å². The molecule has 0 N–H and O–H groups in total. The average Bonchev–Trinajstić information content (AvgIpc) is 2.39. The van der Waals surface area contributed by atoms with Crippen LogP contribution in [0.3, 0.4) is 0 Å². The van der Waals surface area contributed by atoms with Gasteiger partial charge in [-0.2, -0.15) is 0 Å². The minimum Gasteiger partial charge on any atom is -0.309 e. The van der Waals surface area contributed by atoms with Gasteiger partial charge in [0.2, 0.25) is 0 Å². The first-order valence-electron chi connectivity index (χ1n) is 8.66. The highest BCUT2D eigenvalue weighted by atomic mass is 16.1. The van der Waals surface area contributed by atoms with Crippen LogP contribution < -0.4 is 0 Å². The summed E-state index contributed by atoms with van der Waals surface area (Å²) in [6, 6.07) is 0. The van der Waals surface area contributed by atoms with Gasteiger partial charge >= 0.3 is 0 Å². The van der Waals surface area contributed by atoms with Gasteiger partial charge < -0.3 is 4.90 Å². The molecule has 0 aliphatic carbocycles. The maximum Gasteiger partial charge on any atom is 0.152 e. The highest BCUT2D eigenvalue weighted by molar-refractivity contribution is 5.88. The van der Waals surface area contributed by atoms with E-state index in [4.69, 9.17) is 0 Å². The minimum atomic E-state index is 0.0705. The summed E-state index contributed by atoms with van der Waals surface area (Å²) in [5.74, 6) is 1.05. The molecule has 0 aliphatic rings. The minimum absolute atomic E-state index is 0.0705. The molecule has 0 rings (SSSR count). The van der Waals surface area contributed by atoms with Crippen molar-refractivity contribution in [1.82, 2.24) is 4.90 Å². The molecule has 0 radical (unpaired) electrons. The number of Topliss-reactive ketones (excluding diaryl/α,β-unsaturated/α-hetero) is 1. The fourth-order valence-corrected chi connectivity index (χ4v) is 2.51. The van der Waals surface area contributed by atoms with Crippen molar-refractivity contribution < 1.29 is 9.59 Å². The molecule has 0 fully saturated rings. The Hall–Kier alpha value is -1.22. The van der Waals surface area contributed by atoms with E-state index in [2.05, 4.69) is 24.8 Å². The van der Waals surface area contributed by atoms with Crippen LogP contribution in [0, 0.1) is 11.8 Å². The lowest BCUT2D eigenvalue weighted by molar-refractivity contribution is -0.121. The molecule has 0 aromatic carbocycles. The van der Waals surface area contributed by atoms with Gasteiger partial charge in [0, 0.05) is 12.5 Å². The number of ketones is 2. The first-order valence-corrected chi connectivity index (χ1v) is 8.66. The number of hydrogen-bond acceptors (Lipinski definition) is 3. The molecule has 23 heavy (non-hydrogen) atoms. The van der Waals surface area contributed by atoms with Gasteiger partial charge in [-0.1, -0.05) is 26.3 Å². The molecule has 0 heterocycles. The van der Waals surface area contributed by atoms with E-state index in [1.54, 1.807) is 19.9 Å². The molecular weight excluding hydrogens is 286 g/mol. The van der Waals surface area contributed by atoms with E-state index in [0.29, 0.717) is 5.92 Å². The van der Waals surface area contributed by atoms with Crippen LogP contribution in [0.1, 0.15) is 60.3 Å². The van der Waals surface area contributed by atoms with Gasteiger partial charge in [-0.15, -0.1) is 0 Å². The molecule has 0 aromatic heterocycles. The summed E-state index contributed by atoms with van der Waals surface area (Å²) in [6.45, 7) is 10.6. The maximum atomic E-state index is 11.9. The fraction of sp³-hybridized carbons (Fsp3) is 0.700. The predicted molar refractivity (Wildman–Crippen MR) is 98.6 cm³/mol. The van der Waals surface area contributed by atoms with Crippen molar-refractivity contribution in [2.45, 2.75) is 60.3 Å². The molecule has 0 spiro atoms. The van der Waals surface area contributed by atoms with Gasteiger partial charge in [0.25, 0.3) is 0 Å². The smallest absolute Gasteiger partial charge is 0.152 e. The first kappa shape index (κ1) is 21.8. The number of carbonyl (C=O) groups is 2. The van der Waals surface area contributed by atoms with E-state index in [-0.39, 0.29) is 17.5 Å². The Bertz CT molecular complexity index is 445. The van der Waals surface area contributed by atoms with Crippen molar-refractivity contribution in [3.63, 3.8) is 0 Å². The van der Waals surface area contributed by atoms with E-state index in [1.165, 1.54) is 5.57 Å². The molecular formula is C20H35NO2. The normalized spacial score (nSPS) is 14.5.